The van der Waals surface area contributed by atoms with Crippen molar-refractivity contribution in [3.8, 4) is 0 Å². The Morgan fingerprint density at radius 2 is 2.06 bits per heavy atom. The summed E-state index contributed by atoms with van der Waals surface area (Å²) in [6, 6.07) is 7.58. The van der Waals surface area contributed by atoms with E-state index in [0.717, 1.165) is 10.2 Å². The van der Waals surface area contributed by atoms with Gasteiger partial charge in [0.15, 0.2) is 0 Å². The van der Waals surface area contributed by atoms with Crippen molar-refractivity contribution < 1.29 is 4.39 Å². The van der Waals surface area contributed by atoms with Gasteiger partial charge in [-0.25, -0.2) is 4.39 Å². The van der Waals surface area contributed by atoms with E-state index in [0.29, 0.717) is 5.56 Å². The Hall–Kier alpha value is -1.22. The molecule has 0 saturated heterocycles. The van der Waals surface area contributed by atoms with Crippen molar-refractivity contribution in [1.29, 1.82) is 0 Å². The van der Waals surface area contributed by atoms with Crippen LogP contribution >= 0.6 is 15.9 Å². The zero-order valence-electron chi connectivity index (χ0n) is 8.40. The summed E-state index contributed by atoms with van der Waals surface area (Å²) in [7, 11) is 0. The van der Waals surface area contributed by atoms with Gasteiger partial charge in [0.25, 0.3) is 0 Å². The fourth-order valence-electron chi connectivity index (χ4n) is 2.30. The highest BCUT2D eigenvalue weighted by atomic mass is 79.9. The molecule has 0 radical (unpaired) electrons. The third-order valence-electron chi connectivity index (χ3n) is 3.04. The largest absolute Gasteiger partial charge is 0.253 e. The summed E-state index contributed by atoms with van der Waals surface area (Å²) in [4.78, 5) is 4.24. The molecule has 1 aliphatic carbocycles. The van der Waals surface area contributed by atoms with Gasteiger partial charge in [-0.2, -0.15) is 0 Å². The van der Waals surface area contributed by atoms with Crippen LogP contribution in [0.2, 0.25) is 0 Å². The van der Waals surface area contributed by atoms with Crippen LogP contribution in [0.3, 0.4) is 0 Å². The first kappa shape index (κ1) is 9.97. The molecule has 3 rings (SSSR count). The maximum Gasteiger partial charge on any atom is 0.127 e. The molecule has 3 heteroatoms. The van der Waals surface area contributed by atoms with Crippen molar-refractivity contribution >= 4 is 26.4 Å². The molecule has 1 aromatic rings. The molecule has 2 aliphatic rings. The van der Waals surface area contributed by atoms with E-state index in [4.69, 9.17) is 0 Å². The summed E-state index contributed by atoms with van der Waals surface area (Å²) in [5.41, 5.74) is 1.69. The van der Waals surface area contributed by atoms with E-state index in [1.165, 1.54) is 0 Å². The van der Waals surface area contributed by atoms with Crippen LogP contribution in [-0.4, -0.2) is 4.62 Å². The van der Waals surface area contributed by atoms with E-state index < -0.39 is 0 Å². The fourth-order valence-corrected chi connectivity index (χ4v) is 2.97. The van der Waals surface area contributed by atoms with Crippen LogP contribution in [0.5, 0.6) is 0 Å². The summed E-state index contributed by atoms with van der Waals surface area (Å²) in [5.74, 6) is 0.0613. The number of fused-ring (bicyclic) bond motifs is 3. The molecule has 2 atom stereocenters. The van der Waals surface area contributed by atoms with Crippen molar-refractivity contribution in [3.05, 3.63) is 53.7 Å². The average Bonchev–Trinajstić information content (AvgIpc) is 2.29. The van der Waals surface area contributed by atoms with Gasteiger partial charge in [0.2, 0.25) is 0 Å². The van der Waals surface area contributed by atoms with Gasteiger partial charge in [0, 0.05) is 23.6 Å². The van der Waals surface area contributed by atoms with Gasteiger partial charge in [0.05, 0.1) is 4.62 Å². The number of halogens is 2. The molecule has 80 valence electrons. The van der Waals surface area contributed by atoms with Crippen LogP contribution in [0.25, 0.3) is 5.83 Å². The normalized spacial score (nSPS) is 26.6. The molecule has 2 unspecified atom stereocenters. The lowest BCUT2D eigenvalue weighted by molar-refractivity contribution is 0.672. The van der Waals surface area contributed by atoms with E-state index in [2.05, 4.69) is 20.9 Å². The van der Waals surface area contributed by atoms with Gasteiger partial charge in [0.1, 0.15) is 5.83 Å². The molecule has 1 aromatic carbocycles. The van der Waals surface area contributed by atoms with Gasteiger partial charge < -0.3 is 0 Å². The molecule has 1 aliphatic heterocycles. The summed E-state index contributed by atoms with van der Waals surface area (Å²) < 4.78 is 14.7. The first-order chi connectivity index (χ1) is 7.77. The van der Waals surface area contributed by atoms with Crippen LogP contribution in [-0.2, 0) is 0 Å². The predicted octanol–water partition coefficient (Wildman–Crippen LogP) is 4.03. The third kappa shape index (κ3) is 1.39. The van der Waals surface area contributed by atoms with Crippen LogP contribution < -0.4 is 0 Å². The topological polar surface area (TPSA) is 12.4 Å². The first-order valence-electron chi connectivity index (χ1n) is 5.14. The Balaban J connectivity index is 2.22. The third-order valence-corrected chi connectivity index (χ3v) is 3.74. The highest BCUT2D eigenvalue weighted by Gasteiger charge is 2.32. The minimum Gasteiger partial charge on any atom is -0.253 e. The molecule has 0 aromatic heterocycles. The zero-order valence-corrected chi connectivity index (χ0v) is 9.99. The minimum absolute atomic E-state index is 0.0711. The second-order valence-corrected chi connectivity index (χ2v) is 4.76. The highest BCUT2D eigenvalue weighted by Crippen LogP contribution is 2.42. The number of benzene rings is 1. The van der Waals surface area contributed by atoms with E-state index in [1.807, 2.05) is 30.3 Å². The highest BCUT2D eigenvalue weighted by molar-refractivity contribution is 9.18. The summed E-state index contributed by atoms with van der Waals surface area (Å²) in [5, 5.41) is 0. The summed E-state index contributed by atoms with van der Waals surface area (Å²) in [6.45, 7) is 0. The van der Waals surface area contributed by atoms with Crippen molar-refractivity contribution in [2.45, 2.75) is 5.92 Å². The molecule has 16 heavy (non-hydrogen) atoms. The smallest absolute Gasteiger partial charge is 0.127 e. The molecule has 0 spiro atoms. The van der Waals surface area contributed by atoms with Crippen LogP contribution in [0.4, 0.5) is 4.39 Å². The van der Waals surface area contributed by atoms with E-state index in [1.54, 1.807) is 12.3 Å². The number of nitrogens with zero attached hydrogens (tertiary/aromatic N) is 1. The lowest BCUT2D eigenvalue weighted by Crippen LogP contribution is -2.21. The molecule has 0 amide bonds. The van der Waals surface area contributed by atoms with Crippen molar-refractivity contribution in [2.75, 3.05) is 0 Å². The molecule has 0 saturated carbocycles. The molecule has 1 heterocycles. The minimum atomic E-state index is -0.135. The quantitative estimate of drug-likeness (QED) is 0.679. The van der Waals surface area contributed by atoms with Gasteiger partial charge in [-0.1, -0.05) is 30.3 Å². The van der Waals surface area contributed by atoms with Crippen molar-refractivity contribution in [1.82, 2.24) is 0 Å². The monoisotopic (exact) mass is 277 g/mol. The molecule has 0 bridgehead atoms. The molecular weight excluding hydrogens is 269 g/mol. The lowest BCUT2D eigenvalue weighted by atomic mass is 9.79. The van der Waals surface area contributed by atoms with Crippen molar-refractivity contribution in [3.63, 3.8) is 0 Å². The van der Waals surface area contributed by atoms with Gasteiger partial charge in [-0.15, -0.1) is 0 Å². The number of hydrogen-bond acceptors (Lipinski definition) is 1. The maximum absolute atomic E-state index is 13.8. The predicted molar refractivity (Wildman–Crippen MR) is 67.3 cm³/mol. The first-order valence-corrected chi connectivity index (χ1v) is 5.93. The maximum atomic E-state index is 13.8. The van der Waals surface area contributed by atoms with E-state index in [9.17, 15) is 4.39 Å². The van der Waals surface area contributed by atoms with E-state index in [-0.39, 0.29) is 17.7 Å². The second-order valence-electron chi connectivity index (χ2n) is 3.95. The zero-order chi connectivity index (χ0) is 11.1. The molecule has 0 N–H and O–H groups in total. The Morgan fingerprint density at radius 1 is 1.25 bits per heavy atom. The van der Waals surface area contributed by atoms with Crippen molar-refractivity contribution in [2.24, 2.45) is 10.9 Å². The molecule has 0 fully saturated rings. The van der Waals surface area contributed by atoms with E-state index >= 15 is 0 Å². The van der Waals surface area contributed by atoms with Gasteiger partial charge in [-0.05, 0) is 27.6 Å². The molecular formula is C13H9BrFN. The number of rotatable bonds is 0. The Morgan fingerprint density at radius 3 is 2.94 bits per heavy atom. The number of hydrogen-bond donors (Lipinski definition) is 0. The van der Waals surface area contributed by atoms with Gasteiger partial charge >= 0.3 is 0 Å². The molecule has 1 nitrogen and oxygen atoms in total. The van der Waals surface area contributed by atoms with Crippen LogP contribution in [0.1, 0.15) is 17.0 Å². The Kier molecular flexibility index (Phi) is 2.28. The lowest BCUT2D eigenvalue weighted by Gasteiger charge is -2.29. The standard InChI is InChI=1S/C13H9BrFN/c14-13-12-8(5-6-16-13)7-11(15)9-3-1-2-4-10(9)12/h1-8,12H. The Labute approximate surface area is 102 Å². The average molecular weight is 278 g/mol. The summed E-state index contributed by atoms with van der Waals surface area (Å²) >= 11 is 3.47. The SMILES string of the molecule is FC1=CC2C=CN=C(Br)C2c2ccccc21. The van der Waals surface area contributed by atoms with Crippen LogP contribution in [0.15, 0.2) is 47.6 Å². The fraction of sp³-hybridized carbons (Fsp3) is 0.154. The number of allylic oxidation sites excluding steroid dienone is 2. The Bertz CT molecular complexity index is 530. The van der Waals surface area contributed by atoms with Gasteiger partial charge in [-0.3, -0.25) is 4.99 Å². The second kappa shape index (κ2) is 3.67. The number of aliphatic imine (C=N–C) groups is 1. The van der Waals surface area contributed by atoms with Crippen LogP contribution in [0, 0.1) is 5.92 Å². The summed E-state index contributed by atoms with van der Waals surface area (Å²) in [6.07, 6.45) is 5.33.